The fraction of sp³-hybridized carbons (Fsp3) is 0.368. The van der Waals surface area contributed by atoms with Gasteiger partial charge in [-0.25, -0.2) is 4.98 Å². The van der Waals surface area contributed by atoms with E-state index < -0.39 is 0 Å². The van der Waals surface area contributed by atoms with E-state index in [9.17, 15) is 9.59 Å². The van der Waals surface area contributed by atoms with E-state index in [2.05, 4.69) is 10.3 Å². The van der Waals surface area contributed by atoms with Crippen LogP contribution in [0.15, 0.2) is 34.1 Å². The summed E-state index contributed by atoms with van der Waals surface area (Å²) >= 11 is 6.53. The Labute approximate surface area is 172 Å². The molecular weight excluding hydrogens is 396 g/mol. The maximum absolute atomic E-state index is 13.1. The highest BCUT2D eigenvalue weighted by Crippen LogP contribution is 2.34. The predicted molar refractivity (Wildman–Crippen MR) is 117 cm³/mol. The number of hydrogen-bond acceptors (Lipinski definition) is 7. The first-order chi connectivity index (χ1) is 13.4. The number of thiocarbonyl (C=S) groups is 1. The number of anilines is 1. The number of methoxy groups -OCH3 is 1. The van der Waals surface area contributed by atoms with Crippen LogP contribution in [0.5, 0.6) is 0 Å². The topological polar surface area (TPSA) is 75.9 Å². The summed E-state index contributed by atoms with van der Waals surface area (Å²) in [6.07, 6.45) is 4.02. The zero-order valence-corrected chi connectivity index (χ0v) is 17.6. The minimum atomic E-state index is -0.241. The number of thioether (sulfide) groups is 1. The second-order valence-electron chi connectivity index (χ2n) is 6.53. The molecule has 7 nitrogen and oxygen atoms in total. The molecule has 3 heterocycles. The van der Waals surface area contributed by atoms with Crippen molar-refractivity contribution >= 4 is 51.7 Å². The average molecular weight is 419 g/mol. The first kappa shape index (κ1) is 20.5. The van der Waals surface area contributed by atoms with Gasteiger partial charge in [0.2, 0.25) is 0 Å². The van der Waals surface area contributed by atoms with Crippen molar-refractivity contribution in [1.29, 1.82) is 0 Å². The van der Waals surface area contributed by atoms with E-state index in [0.29, 0.717) is 39.4 Å². The van der Waals surface area contributed by atoms with Crippen LogP contribution in [-0.2, 0) is 9.53 Å². The highest BCUT2D eigenvalue weighted by atomic mass is 32.2. The fourth-order valence-electron chi connectivity index (χ4n) is 2.85. The number of ether oxygens (including phenoxy) is 1. The number of nitrogens with zero attached hydrogens (tertiary/aromatic N) is 3. The molecule has 0 spiro atoms. The van der Waals surface area contributed by atoms with Gasteiger partial charge in [0.25, 0.3) is 11.5 Å². The van der Waals surface area contributed by atoms with Crippen molar-refractivity contribution in [2.45, 2.75) is 26.3 Å². The molecule has 0 bridgehead atoms. The molecule has 2 aromatic heterocycles. The van der Waals surface area contributed by atoms with E-state index in [1.807, 2.05) is 19.9 Å². The van der Waals surface area contributed by atoms with E-state index in [4.69, 9.17) is 17.0 Å². The van der Waals surface area contributed by atoms with Gasteiger partial charge in [0.15, 0.2) is 0 Å². The summed E-state index contributed by atoms with van der Waals surface area (Å²) in [6, 6.07) is 5.32. The molecule has 1 amide bonds. The first-order valence-corrected chi connectivity index (χ1v) is 10.2. The van der Waals surface area contributed by atoms with Crippen LogP contribution < -0.4 is 10.9 Å². The summed E-state index contributed by atoms with van der Waals surface area (Å²) in [5.74, 6) is 0.259. The van der Waals surface area contributed by atoms with Gasteiger partial charge < -0.3 is 10.1 Å². The lowest BCUT2D eigenvalue weighted by Gasteiger charge is -2.18. The van der Waals surface area contributed by atoms with Crippen molar-refractivity contribution in [2.24, 2.45) is 0 Å². The Balaban J connectivity index is 2.05. The van der Waals surface area contributed by atoms with Gasteiger partial charge in [0, 0.05) is 32.5 Å². The normalized spacial score (nSPS) is 16.0. The predicted octanol–water partition coefficient (Wildman–Crippen LogP) is 2.75. The van der Waals surface area contributed by atoms with Gasteiger partial charge in [-0.2, -0.15) is 0 Å². The molecule has 0 atom stereocenters. The summed E-state index contributed by atoms with van der Waals surface area (Å²) in [6.45, 7) is 5.00. The zero-order chi connectivity index (χ0) is 20.3. The number of nitrogens with one attached hydrogen (secondary N) is 1. The summed E-state index contributed by atoms with van der Waals surface area (Å²) in [5.41, 5.74) is 0.633. The third kappa shape index (κ3) is 4.11. The minimum absolute atomic E-state index is 0.0409. The highest BCUT2D eigenvalue weighted by molar-refractivity contribution is 8.26. The molecule has 2 aromatic rings. The van der Waals surface area contributed by atoms with E-state index in [1.54, 1.807) is 36.4 Å². The molecular formula is C19H22N4O3S2. The van der Waals surface area contributed by atoms with Crippen LogP contribution in [-0.4, -0.2) is 50.8 Å². The van der Waals surface area contributed by atoms with E-state index in [-0.39, 0.29) is 17.5 Å². The monoisotopic (exact) mass is 418 g/mol. The SMILES string of the molecule is COCCCNc1nc2ccccn2c(=O)c1/C=C1\SC(=S)N(C(C)C)C1=O. The lowest BCUT2D eigenvalue weighted by Crippen LogP contribution is -2.34. The number of amides is 1. The molecule has 0 aromatic carbocycles. The van der Waals surface area contributed by atoms with Gasteiger partial charge in [-0.1, -0.05) is 30.0 Å². The van der Waals surface area contributed by atoms with Gasteiger partial charge in [0.05, 0.1) is 10.5 Å². The van der Waals surface area contributed by atoms with Gasteiger partial charge in [-0.15, -0.1) is 0 Å². The number of carbonyl (C=O) groups excluding carboxylic acids is 1. The Bertz CT molecular complexity index is 1000. The van der Waals surface area contributed by atoms with Crippen molar-refractivity contribution in [3.8, 4) is 0 Å². The second-order valence-corrected chi connectivity index (χ2v) is 8.20. The number of pyridine rings is 1. The minimum Gasteiger partial charge on any atom is -0.385 e. The molecule has 1 aliphatic heterocycles. The van der Waals surface area contributed by atoms with Crippen LogP contribution in [0.3, 0.4) is 0 Å². The van der Waals surface area contributed by atoms with Gasteiger partial charge in [0.1, 0.15) is 15.8 Å². The lowest BCUT2D eigenvalue weighted by molar-refractivity contribution is -0.123. The van der Waals surface area contributed by atoms with E-state index in [0.717, 1.165) is 6.42 Å². The standard InChI is InChI=1S/C19H22N4O3S2/c1-12(2)23-18(25)14(28-19(23)27)11-13-16(20-8-6-10-26-3)21-15-7-4-5-9-22(15)17(13)24/h4-5,7,9,11-12,20H,6,8,10H2,1-3H3/b14-11-. The zero-order valence-electron chi connectivity index (χ0n) is 16.0. The number of aromatic nitrogens is 2. The Morgan fingerprint density at radius 2 is 2.14 bits per heavy atom. The summed E-state index contributed by atoms with van der Waals surface area (Å²) in [5, 5.41) is 3.20. The van der Waals surface area contributed by atoms with Crippen LogP contribution in [0.2, 0.25) is 0 Å². The molecule has 1 saturated heterocycles. The molecule has 1 aliphatic rings. The summed E-state index contributed by atoms with van der Waals surface area (Å²) in [7, 11) is 1.64. The molecule has 0 radical (unpaired) electrons. The maximum atomic E-state index is 13.1. The molecule has 3 rings (SSSR count). The highest BCUT2D eigenvalue weighted by Gasteiger charge is 2.34. The fourth-order valence-corrected chi connectivity index (χ4v) is 4.35. The Hall–Kier alpha value is -2.23. The van der Waals surface area contributed by atoms with Crippen molar-refractivity contribution in [1.82, 2.24) is 14.3 Å². The van der Waals surface area contributed by atoms with Crippen LogP contribution >= 0.6 is 24.0 Å². The lowest BCUT2D eigenvalue weighted by atomic mass is 10.2. The molecule has 0 saturated carbocycles. The van der Waals surface area contributed by atoms with Crippen LogP contribution in [0, 0.1) is 0 Å². The Kier molecular flexibility index (Phi) is 6.48. The van der Waals surface area contributed by atoms with Crippen molar-refractivity contribution < 1.29 is 9.53 Å². The maximum Gasteiger partial charge on any atom is 0.267 e. The van der Waals surface area contributed by atoms with Gasteiger partial charge in [-0.05, 0) is 38.5 Å². The third-order valence-electron chi connectivity index (χ3n) is 4.20. The molecule has 9 heteroatoms. The summed E-state index contributed by atoms with van der Waals surface area (Å²) < 4.78 is 7.03. The van der Waals surface area contributed by atoms with Crippen LogP contribution in [0.1, 0.15) is 25.8 Å². The number of rotatable bonds is 7. The van der Waals surface area contributed by atoms with Gasteiger partial charge >= 0.3 is 0 Å². The number of hydrogen-bond donors (Lipinski definition) is 1. The van der Waals surface area contributed by atoms with Crippen molar-refractivity contribution in [2.75, 3.05) is 25.6 Å². The Morgan fingerprint density at radius 1 is 1.36 bits per heavy atom. The molecule has 1 fully saturated rings. The van der Waals surface area contributed by atoms with Crippen molar-refractivity contribution in [3.05, 3.63) is 45.2 Å². The van der Waals surface area contributed by atoms with Crippen LogP contribution in [0.25, 0.3) is 11.7 Å². The number of carbonyl (C=O) groups is 1. The summed E-state index contributed by atoms with van der Waals surface area (Å²) in [4.78, 5) is 32.4. The average Bonchev–Trinajstić information content (AvgIpc) is 2.95. The van der Waals surface area contributed by atoms with Gasteiger partial charge in [-0.3, -0.25) is 18.9 Å². The van der Waals surface area contributed by atoms with Crippen molar-refractivity contribution in [3.63, 3.8) is 0 Å². The Morgan fingerprint density at radius 3 is 2.82 bits per heavy atom. The molecule has 1 N–H and O–H groups in total. The first-order valence-electron chi connectivity index (χ1n) is 8.95. The molecule has 28 heavy (non-hydrogen) atoms. The molecule has 148 valence electrons. The third-order valence-corrected chi connectivity index (χ3v) is 5.53. The molecule has 0 unspecified atom stereocenters. The van der Waals surface area contributed by atoms with E-state index >= 15 is 0 Å². The van der Waals surface area contributed by atoms with E-state index in [1.165, 1.54) is 16.2 Å². The largest absolute Gasteiger partial charge is 0.385 e. The molecule has 0 aliphatic carbocycles. The smallest absolute Gasteiger partial charge is 0.267 e. The van der Waals surface area contributed by atoms with Crippen LogP contribution in [0.4, 0.5) is 5.82 Å². The quantitative estimate of drug-likeness (QED) is 0.421. The number of fused-ring (bicyclic) bond motifs is 1. The second kappa shape index (κ2) is 8.85.